The summed E-state index contributed by atoms with van der Waals surface area (Å²) in [6.07, 6.45) is 3.63. The Bertz CT molecular complexity index is 734. The van der Waals surface area contributed by atoms with Crippen LogP contribution in [0.5, 0.6) is 5.75 Å². The molecular weight excluding hydrogens is 310 g/mol. The zero-order valence-corrected chi connectivity index (χ0v) is 13.1. The van der Waals surface area contributed by atoms with Crippen molar-refractivity contribution in [3.05, 3.63) is 24.3 Å². The van der Waals surface area contributed by atoms with Crippen molar-refractivity contribution in [1.29, 1.82) is 0 Å². The molecule has 1 aliphatic carbocycles. The van der Waals surface area contributed by atoms with Crippen LogP contribution < -0.4 is 15.5 Å². The number of benzene rings is 1. The van der Waals surface area contributed by atoms with Gasteiger partial charge in [0.15, 0.2) is 5.66 Å². The molecule has 1 aromatic carbocycles. The number of carbonyl (C=O) groups excluding carboxylic acids is 3. The highest BCUT2D eigenvalue weighted by Crippen LogP contribution is 2.39. The largest absolute Gasteiger partial charge is 0.506 e. The highest BCUT2D eigenvalue weighted by atomic mass is 16.3. The number of para-hydroxylation sites is 2. The third-order valence-corrected chi connectivity index (χ3v) is 5.24. The van der Waals surface area contributed by atoms with Crippen molar-refractivity contribution >= 4 is 23.3 Å². The number of carbonyl (C=O) groups is 3. The predicted molar refractivity (Wildman–Crippen MR) is 85.3 cm³/mol. The van der Waals surface area contributed by atoms with Crippen molar-refractivity contribution in [1.82, 2.24) is 10.6 Å². The van der Waals surface area contributed by atoms with Crippen LogP contribution in [0, 0.1) is 0 Å². The maximum absolute atomic E-state index is 12.9. The van der Waals surface area contributed by atoms with Crippen molar-refractivity contribution in [2.75, 3.05) is 4.90 Å². The number of phenolic OH excluding ortho intramolecular Hbond substituents is 1. The monoisotopic (exact) mass is 329 g/mol. The molecule has 4 rings (SSSR count). The van der Waals surface area contributed by atoms with Crippen LogP contribution >= 0.6 is 0 Å². The van der Waals surface area contributed by atoms with E-state index in [9.17, 15) is 19.5 Å². The van der Waals surface area contributed by atoms with Gasteiger partial charge in [-0.25, -0.2) is 0 Å². The number of amides is 2. The van der Waals surface area contributed by atoms with Crippen LogP contribution in [-0.4, -0.2) is 40.5 Å². The predicted octanol–water partition coefficient (Wildman–Crippen LogP) is 0.425. The number of nitrogens with one attached hydrogen (secondary N) is 2. The second kappa shape index (κ2) is 5.31. The first kappa shape index (κ1) is 15.1. The van der Waals surface area contributed by atoms with Crippen LogP contribution in [0.25, 0.3) is 0 Å². The standard InChI is InChI=1S/C17H19N3O4/c21-13-8-4-3-7-12(13)20-15(23)14(22)9-17(20)16(24)18-10-5-1-2-6-11(10)19-17/h3-4,7-8,10-11,19,21H,1-2,5-6,9H2,(H,18,24). The molecule has 24 heavy (non-hydrogen) atoms. The van der Waals surface area contributed by atoms with E-state index in [4.69, 9.17) is 0 Å². The van der Waals surface area contributed by atoms with E-state index in [1.807, 2.05) is 0 Å². The Morgan fingerprint density at radius 2 is 1.79 bits per heavy atom. The van der Waals surface area contributed by atoms with Gasteiger partial charge in [-0.3, -0.25) is 24.6 Å². The first-order chi connectivity index (χ1) is 11.5. The average Bonchev–Trinajstić information content (AvgIpc) is 2.81. The van der Waals surface area contributed by atoms with Crippen LogP contribution in [0.1, 0.15) is 32.1 Å². The normalized spacial score (nSPS) is 32.8. The number of fused-ring (bicyclic) bond motifs is 1. The lowest BCUT2D eigenvalue weighted by Crippen LogP contribution is -2.76. The van der Waals surface area contributed by atoms with Crippen LogP contribution in [0.2, 0.25) is 0 Å². The summed E-state index contributed by atoms with van der Waals surface area (Å²) in [4.78, 5) is 38.6. The summed E-state index contributed by atoms with van der Waals surface area (Å²) in [5.41, 5.74) is -1.28. The van der Waals surface area contributed by atoms with Crippen molar-refractivity contribution in [3.63, 3.8) is 0 Å². The molecule has 3 N–H and O–H groups in total. The van der Waals surface area contributed by atoms with E-state index in [0.717, 1.165) is 30.6 Å². The molecule has 1 spiro atoms. The number of Topliss-reactive ketones (excluding diaryl/α,β-unsaturated/α-hetero) is 1. The van der Waals surface area contributed by atoms with Crippen molar-refractivity contribution in [3.8, 4) is 5.75 Å². The number of hydrogen-bond donors (Lipinski definition) is 3. The van der Waals surface area contributed by atoms with Crippen molar-refractivity contribution in [2.45, 2.75) is 49.9 Å². The highest BCUT2D eigenvalue weighted by molar-refractivity contribution is 6.46. The van der Waals surface area contributed by atoms with Gasteiger partial charge in [0.1, 0.15) is 5.75 Å². The molecule has 1 saturated carbocycles. The first-order valence-corrected chi connectivity index (χ1v) is 8.27. The molecule has 3 unspecified atom stereocenters. The Morgan fingerprint density at radius 1 is 1.08 bits per heavy atom. The molecule has 3 atom stereocenters. The topological polar surface area (TPSA) is 98.7 Å². The van der Waals surface area contributed by atoms with Gasteiger partial charge in [-0.1, -0.05) is 25.0 Å². The number of ketones is 1. The lowest BCUT2D eigenvalue weighted by atomic mass is 9.85. The molecule has 126 valence electrons. The number of piperazine rings is 1. The fourth-order valence-corrected chi connectivity index (χ4v) is 4.09. The lowest BCUT2D eigenvalue weighted by Gasteiger charge is -2.48. The maximum atomic E-state index is 12.9. The molecule has 0 radical (unpaired) electrons. The third kappa shape index (κ3) is 2.04. The molecule has 7 nitrogen and oxygen atoms in total. The molecule has 3 fully saturated rings. The molecule has 0 aromatic heterocycles. The Hall–Kier alpha value is -2.41. The number of anilines is 1. The zero-order chi connectivity index (χ0) is 16.9. The highest BCUT2D eigenvalue weighted by Gasteiger charge is 2.60. The molecule has 2 amide bonds. The van der Waals surface area contributed by atoms with E-state index >= 15 is 0 Å². The summed E-state index contributed by atoms with van der Waals surface area (Å²) < 4.78 is 0. The molecule has 3 aliphatic rings. The van der Waals surface area contributed by atoms with E-state index in [1.165, 1.54) is 12.1 Å². The van der Waals surface area contributed by atoms with Gasteiger partial charge in [0.2, 0.25) is 5.78 Å². The first-order valence-electron chi connectivity index (χ1n) is 8.27. The van der Waals surface area contributed by atoms with E-state index in [1.54, 1.807) is 12.1 Å². The third-order valence-electron chi connectivity index (χ3n) is 5.24. The van der Waals surface area contributed by atoms with Gasteiger partial charge < -0.3 is 10.4 Å². The van der Waals surface area contributed by atoms with Gasteiger partial charge in [-0.05, 0) is 25.0 Å². The number of hydrogen-bond acceptors (Lipinski definition) is 5. The minimum Gasteiger partial charge on any atom is -0.506 e. The SMILES string of the molecule is O=C1CC2(NC3CCCCC3NC2=O)N(c2ccccc2O)C1=O. The summed E-state index contributed by atoms with van der Waals surface area (Å²) >= 11 is 0. The zero-order valence-electron chi connectivity index (χ0n) is 13.1. The van der Waals surface area contributed by atoms with Crippen molar-refractivity contribution in [2.24, 2.45) is 0 Å². The summed E-state index contributed by atoms with van der Waals surface area (Å²) in [6, 6.07) is 6.29. The van der Waals surface area contributed by atoms with Gasteiger partial charge in [0.25, 0.3) is 11.8 Å². The van der Waals surface area contributed by atoms with Crippen LogP contribution in [0.3, 0.4) is 0 Å². The Labute approximate surface area is 139 Å². The fourth-order valence-electron chi connectivity index (χ4n) is 4.09. The second-order valence-electron chi connectivity index (χ2n) is 6.70. The number of nitrogens with zero attached hydrogens (tertiary/aromatic N) is 1. The molecule has 2 heterocycles. The molecular formula is C17H19N3O4. The summed E-state index contributed by atoms with van der Waals surface area (Å²) in [5, 5.41) is 16.4. The van der Waals surface area contributed by atoms with Gasteiger partial charge >= 0.3 is 0 Å². The van der Waals surface area contributed by atoms with E-state index in [-0.39, 0.29) is 35.8 Å². The van der Waals surface area contributed by atoms with Gasteiger partial charge in [0, 0.05) is 12.1 Å². The number of rotatable bonds is 1. The van der Waals surface area contributed by atoms with E-state index < -0.39 is 17.4 Å². The van der Waals surface area contributed by atoms with Gasteiger partial charge in [0.05, 0.1) is 12.1 Å². The Kier molecular flexibility index (Phi) is 3.35. The van der Waals surface area contributed by atoms with Gasteiger partial charge in [-0.15, -0.1) is 0 Å². The minimum absolute atomic E-state index is 0.0171. The molecule has 0 bridgehead atoms. The van der Waals surface area contributed by atoms with E-state index in [0.29, 0.717) is 0 Å². The second-order valence-corrected chi connectivity index (χ2v) is 6.70. The molecule has 2 aliphatic heterocycles. The van der Waals surface area contributed by atoms with Crippen LogP contribution in [-0.2, 0) is 14.4 Å². The fraction of sp³-hybridized carbons (Fsp3) is 0.471. The Morgan fingerprint density at radius 3 is 2.54 bits per heavy atom. The van der Waals surface area contributed by atoms with Crippen LogP contribution in [0.15, 0.2) is 24.3 Å². The molecule has 1 aromatic rings. The number of phenols is 1. The van der Waals surface area contributed by atoms with Gasteiger partial charge in [-0.2, -0.15) is 0 Å². The Balaban J connectivity index is 1.79. The summed E-state index contributed by atoms with van der Waals surface area (Å²) in [5.74, 6) is -1.92. The summed E-state index contributed by atoms with van der Waals surface area (Å²) in [7, 11) is 0. The minimum atomic E-state index is -1.45. The lowest BCUT2D eigenvalue weighted by molar-refractivity contribution is -0.133. The summed E-state index contributed by atoms with van der Waals surface area (Å²) in [6.45, 7) is 0. The van der Waals surface area contributed by atoms with Crippen molar-refractivity contribution < 1.29 is 19.5 Å². The molecule has 2 saturated heterocycles. The van der Waals surface area contributed by atoms with E-state index in [2.05, 4.69) is 10.6 Å². The average molecular weight is 329 g/mol. The smallest absolute Gasteiger partial charge is 0.296 e. The quantitative estimate of drug-likeness (QED) is 0.649. The van der Waals surface area contributed by atoms with Crippen LogP contribution in [0.4, 0.5) is 5.69 Å². The number of aromatic hydroxyl groups is 1. The molecule has 7 heteroatoms. The maximum Gasteiger partial charge on any atom is 0.296 e.